The zero-order valence-electron chi connectivity index (χ0n) is 17.9. The summed E-state index contributed by atoms with van der Waals surface area (Å²) in [7, 11) is 0. The minimum Gasteiger partial charge on any atom is -0.484 e. The second kappa shape index (κ2) is 10.7. The number of rotatable bonds is 9. The van der Waals surface area contributed by atoms with Gasteiger partial charge in [-0.3, -0.25) is 14.3 Å². The molecular formula is C23H23F3N4O3. The highest BCUT2D eigenvalue weighted by molar-refractivity contribution is 5.94. The van der Waals surface area contributed by atoms with Crippen molar-refractivity contribution in [3.05, 3.63) is 77.6 Å². The van der Waals surface area contributed by atoms with Crippen molar-refractivity contribution in [1.29, 1.82) is 0 Å². The summed E-state index contributed by atoms with van der Waals surface area (Å²) in [5.41, 5.74) is 0.680. The maximum Gasteiger partial charge on any atom is 0.416 e. The molecule has 1 heterocycles. The van der Waals surface area contributed by atoms with E-state index in [0.717, 1.165) is 24.1 Å². The maximum atomic E-state index is 12.8. The minimum atomic E-state index is -4.50. The topological polar surface area (TPSA) is 85.2 Å². The lowest BCUT2D eigenvalue weighted by Gasteiger charge is -2.11. The van der Waals surface area contributed by atoms with Gasteiger partial charge in [0.25, 0.3) is 11.8 Å². The van der Waals surface area contributed by atoms with E-state index in [1.807, 2.05) is 17.8 Å². The van der Waals surface area contributed by atoms with Crippen molar-refractivity contribution in [3.63, 3.8) is 0 Å². The van der Waals surface area contributed by atoms with Crippen molar-refractivity contribution >= 4 is 17.5 Å². The van der Waals surface area contributed by atoms with Gasteiger partial charge in [-0.2, -0.15) is 18.3 Å². The smallest absolute Gasteiger partial charge is 0.416 e. The van der Waals surface area contributed by atoms with Crippen molar-refractivity contribution in [3.8, 4) is 5.75 Å². The van der Waals surface area contributed by atoms with Gasteiger partial charge >= 0.3 is 6.18 Å². The highest BCUT2D eigenvalue weighted by atomic mass is 19.4. The number of carbonyl (C=O) groups is 2. The fraction of sp³-hybridized carbons (Fsp3) is 0.261. The van der Waals surface area contributed by atoms with Crippen molar-refractivity contribution in [2.75, 3.05) is 18.5 Å². The van der Waals surface area contributed by atoms with Crippen molar-refractivity contribution in [2.24, 2.45) is 0 Å². The van der Waals surface area contributed by atoms with Crippen LogP contribution in [0.5, 0.6) is 5.75 Å². The van der Waals surface area contributed by atoms with E-state index >= 15 is 0 Å². The molecule has 2 N–H and O–H groups in total. The summed E-state index contributed by atoms with van der Waals surface area (Å²) < 4.78 is 45.4. The Labute approximate surface area is 188 Å². The van der Waals surface area contributed by atoms with Gasteiger partial charge in [0.1, 0.15) is 5.75 Å². The standard InChI is InChI=1S/C23H23F3N4O3/c1-16-13-28-30(14-16)11-3-10-27-22(32)17-6-8-20(9-7-17)33-15-21(31)29-19-5-2-4-18(12-19)23(24,25)26/h2,4-9,12-14H,3,10-11,15H2,1H3,(H,27,32)(H,29,31). The summed E-state index contributed by atoms with van der Waals surface area (Å²) in [6, 6.07) is 10.5. The lowest BCUT2D eigenvalue weighted by Crippen LogP contribution is -2.25. The third-order valence-electron chi connectivity index (χ3n) is 4.57. The average molecular weight is 460 g/mol. The summed E-state index contributed by atoms with van der Waals surface area (Å²) >= 11 is 0. The Morgan fingerprint density at radius 3 is 2.55 bits per heavy atom. The lowest BCUT2D eigenvalue weighted by molar-refractivity contribution is -0.137. The van der Waals surface area contributed by atoms with Crippen molar-refractivity contribution in [2.45, 2.75) is 26.1 Å². The Hall–Kier alpha value is -3.82. The number of anilines is 1. The van der Waals surface area contributed by atoms with Crippen LogP contribution < -0.4 is 15.4 Å². The van der Waals surface area contributed by atoms with Gasteiger partial charge in [0.2, 0.25) is 0 Å². The van der Waals surface area contributed by atoms with Gasteiger partial charge in [-0.05, 0) is 61.4 Å². The minimum absolute atomic E-state index is 0.0214. The van der Waals surface area contributed by atoms with E-state index in [9.17, 15) is 22.8 Å². The van der Waals surface area contributed by atoms with Gasteiger partial charge in [-0.15, -0.1) is 0 Å². The highest BCUT2D eigenvalue weighted by Gasteiger charge is 2.30. The summed E-state index contributed by atoms with van der Waals surface area (Å²) in [5.74, 6) is -0.496. The molecule has 0 spiro atoms. The molecule has 0 aliphatic rings. The van der Waals surface area contributed by atoms with Gasteiger partial charge in [0, 0.05) is 30.5 Å². The quantitative estimate of drug-likeness (QED) is 0.472. The first-order valence-corrected chi connectivity index (χ1v) is 10.2. The SMILES string of the molecule is Cc1cnn(CCCNC(=O)c2ccc(OCC(=O)Nc3cccc(C(F)(F)F)c3)cc2)c1. The first kappa shape index (κ1) is 23.8. The summed E-state index contributed by atoms with van der Waals surface area (Å²) in [6.45, 7) is 2.76. The number of carbonyl (C=O) groups excluding carboxylic acids is 2. The molecule has 1 aromatic heterocycles. The number of aryl methyl sites for hydroxylation is 2. The van der Waals surface area contributed by atoms with E-state index in [2.05, 4.69) is 15.7 Å². The van der Waals surface area contributed by atoms with E-state index in [1.165, 1.54) is 12.1 Å². The molecule has 2 amide bonds. The zero-order valence-corrected chi connectivity index (χ0v) is 17.9. The molecule has 174 valence electrons. The molecule has 0 fully saturated rings. The first-order valence-electron chi connectivity index (χ1n) is 10.2. The van der Waals surface area contributed by atoms with Crippen molar-refractivity contribution < 1.29 is 27.5 Å². The van der Waals surface area contributed by atoms with E-state index in [4.69, 9.17) is 4.74 Å². The van der Waals surface area contributed by atoms with Crippen LogP contribution in [0.25, 0.3) is 0 Å². The third-order valence-corrected chi connectivity index (χ3v) is 4.57. The average Bonchev–Trinajstić information content (AvgIpc) is 3.20. The van der Waals surface area contributed by atoms with Crippen LogP contribution in [0, 0.1) is 6.92 Å². The van der Waals surface area contributed by atoms with Gasteiger partial charge in [-0.1, -0.05) is 6.07 Å². The Morgan fingerprint density at radius 1 is 1.12 bits per heavy atom. The number of ether oxygens (including phenoxy) is 1. The van der Waals surface area contributed by atoms with Crippen LogP contribution in [-0.4, -0.2) is 34.7 Å². The molecular weight excluding hydrogens is 437 g/mol. The number of hydrogen-bond donors (Lipinski definition) is 2. The molecule has 0 aliphatic carbocycles. The second-order valence-corrected chi connectivity index (χ2v) is 7.33. The molecule has 0 saturated heterocycles. The van der Waals surface area contributed by atoms with Crippen LogP contribution >= 0.6 is 0 Å². The van der Waals surface area contributed by atoms with Crippen molar-refractivity contribution in [1.82, 2.24) is 15.1 Å². The van der Waals surface area contributed by atoms with Gasteiger partial charge in [-0.25, -0.2) is 0 Å². The molecule has 0 aliphatic heterocycles. The molecule has 7 nitrogen and oxygen atoms in total. The van der Waals surface area contributed by atoms with Gasteiger partial charge in [0.05, 0.1) is 11.8 Å². The largest absolute Gasteiger partial charge is 0.484 e. The number of benzene rings is 2. The molecule has 0 atom stereocenters. The predicted molar refractivity (Wildman–Crippen MR) is 116 cm³/mol. The maximum absolute atomic E-state index is 12.8. The Bertz CT molecular complexity index is 1090. The Morgan fingerprint density at radius 2 is 1.88 bits per heavy atom. The fourth-order valence-electron chi connectivity index (χ4n) is 2.96. The number of hydrogen-bond acceptors (Lipinski definition) is 4. The first-order chi connectivity index (χ1) is 15.7. The molecule has 0 radical (unpaired) electrons. The van der Waals surface area contributed by atoms with Crippen LogP contribution in [0.3, 0.4) is 0 Å². The second-order valence-electron chi connectivity index (χ2n) is 7.33. The van der Waals surface area contributed by atoms with E-state index < -0.39 is 24.3 Å². The zero-order chi connectivity index (χ0) is 23.8. The number of alkyl halides is 3. The Balaban J connectivity index is 1.41. The molecule has 10 heteroatoms. The number of amides is 2. The molecule has 0 unspecified atom stereocenters. The highest BCUT2D eigenvalue weighted by Crippen LogP contribution is 2.30. The fourth-order valence-corrected chi connectivity index (χ4v) is 2.96. The van der Waals surface area contributed by atoms with Crippen LogP contribution in [0.4, 0.5) is 18.9 Å². The summed E-state index contributed by atoms with van der Waals surface area (Å²) in [4.78, 5) is 24.2. The molecule has 33 heavy (non-hydrogen) atoms. The molecule has 0 saturated carbocycles. The van der Waals surface area contributed by atoms with Crippen LogP contribution in [0.15, 0.2) is 60.9 Å². The van der Waals surface area contributed by atoms with Crippen LogP contribution in [-0.2, 0) is 17.5 Å². The lowest BCUT2D eigenvalue weighted by atomic mass is 10.2. The Kier molecular flexibility index (Phi) is 7.70. The predicted octanol–water partition coefficient (Wildman–Crippen LogP) is 4.05. The number of aromatic nitrogens is 2. The molecule has 2 aromatic carbocycles. The molecule has 3 aromatic rings. The number of halogens is 3. The molecule has 3 rings (SSSR count). The number of nitrogens with zero attached hydrogens (tertiary/aromatic N) is 2. The van der Waals surface area contributed by atoms with E-state index in [0.29, 0.717) is 24.4 Å². The number of nitrogens with one attached hydrogen (secondary N) is 2. The molecule has 0 bridgehead atoms. The third kappa shape index (κ3) is 7.37. The van der Waals surface area contributed by atoms with E-state index in [1.54, 1.807) is 30.5 Å². The monoisotopic (exact) mass is 460 g/mol. The van der Waals surface area contributed by atoms with Crippen LogP contribution in [0.1, 0.15) is 27.9 Å². The normalized spacial score (nSPS) is 11.2. The van der Waals surface area contributed by atoms with Gasteiger partial charge < -0.3 is 15.4 Å². The van der Waals surface area contributed by atoms with E-state index in [-0.39, 0.29) is 11.6 Å². The summed E-state index contributed by atoms with van der Waals surface area (Å²) in [6.07, 6.45) is -0.0587. The van der Waals surface area contributed by atoms with Gasteiger partial charge in [0.15, 0.2) is 6.61 Å². The summed E-state index contributed by atoms with van der Waals surface area (Å²) in [5, 5.41) is 9.37. The van der Waals surface area contributed by atoms with Crippen LogP contribution in [0.2, 0.25) is 0 Å².